The molecule has 0 aliphatic carbocycles. The minimum Gasteiger partial charge on any atom is -0.495 e. The predicted octanol–water partition coefficient (Wildman–Crippen LogP) is 2.82. The van der Waals surface area contributed by atoms with Gasteiger partial charge >= 0.3 is 5.97 Å². The fourth-order valence-corrected chi connectivity index (χ4v) is 2.99. The van der Waals surface area contributed by atoms with Crippen LogP contribution < -0.4 is 4.74 Å². The highest BCUT2D eigenvalue weighted by Gasteiger charge is 2.16. The molecule has 7 nitrogen and oxygen atoms in total. The number of hydrogen-bond acceptors (Lipinski definition) is 7. The van der Waals surface area contributed by atoms with Gasteiger partial charge in [0.15, 0.2) is 5.65 Å². The van der Waals surface area contributed by atoms with Gasteiger partial charge in [0.2, 0.25) is 5.16 Å². The molecule has 0 atom stereocenters. The lowest BCUT2D eigenvalue weighted by atomic mass is 10.2. The maximum atomic E-state index is 11.4. The Morgan fingerprint density at radius 2 is 2.22 bits per heavy atom. The molecule has 2 aromatic heterocycles. The molecule has 9 heteroatoms. The Labute approximate surface area is 140 Å². The van der Waals surface area contributed by atoms with Gasteiger partial charge in [-0.2, -0.15) is 0 Å². The summed E-state index contributed by atoms with van der Waals surface area (Å²) in [4.78, 5) is 18.9. The number of ether oxygens (including phenoxy) is 2. The first-order valence-electron chi connectivity index (χ1n) is 6.81. The Hall–Kier alpha value is -2.06. The van der Waals surface area contributed by atoms with Crippen molar-refractivity contribution in [2.45, 2.75) is 12.1 Å². The lowest BCUT2D eigenvalue weighted by Crippen LogP contribution is -2.07. The quantitative estimate of drug-likeness (QED) is 0.557. The minimum atomic E-state index is -0.317. The average molecular weight is 353 g/mol. The van der Waals surface area contributed by atoms with Crippen molar-refractivity contribution in [2.75, 3.05) is 19.5 Å². The zero-order valence-corrected chi connectivity index (χ0v) is 14.0. The zero-order valence-electron chi connectivity index (χ0n) is 12.4. The van der Waals surface area contributed by atoms with E-state index in [4.69, 9.17) is 21.1 Å². The molecule has 0 radical (unpaired) electrons. The van der Waals surface area contributed by atoms with Crippen molar-refractivity contribution in [3.8, 4) is 5.75 Å². The minimum absolute atomic E-state index is 0.130. The lowest BCUT2D eigenvalue weighted by Gasteiger charge is -2.01. The van der Waals surface area contributed by atoms with Crippen LogP contribution in [0.3, 0.4) is 0 Å². The molecule has 1 aromatic carbocycles. The number of rotatable bonds is 5. The molecule has 0 saturated heterocycles. The number of aromatic nitrogens is 4. The highest BCUT2D eigenvalue weighted by molar-refractivity contribution is 7.99. The maximum Gasteiger partial charge on any atom is 0.316 e. The zero-order chi connectivity index (χ0) is 16.4. The predicted molar refractivity (Wildman–Crippen MR) is 88.1 cm³/mol. The molecule has 0 unspecified atom stereocenters. The van der Waals surface area contributed by atoms with Gasteiger partial charge in [0.1, 0.15) is 11.3 Å². The first-order valence-corrected chi connectivity index (χ1v) is 8.17. The molecule has 0 saturated carbocycles. The number of thioether (sulfide) groups is 1. The molecule has 120 valence electrons. The third kappa shape index (κ3) is 3.04. The fraction of sp³-hybridized carbons (Fsp3) is 0.286. The molecule has 2 heterocycles. The van der Waals surface area contributed by atoms with Crippen molar-refractivity contribution in [1.82, 2.24) is 20.2 Å². The fourth-order valence-electron chi connectivity index (χ4n) is 2.16. The number of esters is 1. The summed E-state index contributed by atoms with van der Waals surface area (Å²) in [6, 6.07) is 3.50. The second-order valence-corrected chi connectivity index (χ2v) is 5.86. The van der Waals surface area contributed by atoms with E-state index in [-0.39, 0.29) is 11.7 Å². The molecule has 0 spiro atoms. The van der Waals surface area contributed by atoms with Gasteiger partial charge in [-0.15, -0.1) is 10.2 Å². The number of nitrogens with one attached hydrogen (secondary N) is 1. The molecule has 3 rings (SSSR count). The summed E-state index contributed by atoms with van der Waals surface area (Å²) >= 11 is 7.41. The van der Waals surface area contributed by atoms with Crippen molar-refractivity contribution >= 4 is 51.4 Å². The highest BCUT2D eigenvalue weighted by Crippen LogP contribution is 2.35. The normalized spacial score (nSPS) is 11.1. The molecule has 0 bridgehead atoms. The third-order valence-corrected chi connectivity index (χ3v) is 4.23. The van der Waals surface area contributed by atoms with Crippen molar-refractivity contribution < 1.29 is 14.3 Å². The van der Waals surface area contributed by atoms with E-state index in [0.29, 0.717) is 44.6 Å². The van der Waals surface area contributed by atoms with Gasteiger partial charge in [0.05, 0.1) is 35.4 Å². The van der Waals surface area contributed by atoms with Crippen LogP contribution in [0.5, 0.6) is 5.75 Å². The second-order valence-electron chi connectivity index (χ2n) is 4.51. The van der Waals surface area contributed by atoms with Gasteiger partial charge in [-0.05, 0) is 19.1 Å². The van der Waals surface area contributed by atoms with Crippen LogP contribution in [-0.4, -0.2) is 45.6 Å². The van der Waals surface area contributed by atoms with E-state index in [1.807, 2.05) is 0 Å². The van der Waals surface area contributed by atoms with Crippen molar-refractivity contribution in [3.05, 3.63) is 17.2 Å². The lowest BCUT2D eigenvalue weighted by molar-refractivity contribution is -0.139. The summed E-state index contributed by atoms with van der Waals surface area (Å²) in [5.41, 5.74) is 1.81. The Balaban J connectivity index is 1.99. The summed E-state index contributed by atoms with van der Waals surface area (Å²) in [5.74, 6) is 0.457. The van der Waals surface area contributed by atoms with E-state index in [0.717, 1.165) is 11.8 Å². The third-order valence-electron chi connectivity index (χ3n) is 3.11. The second kappa shape index (κ2) is 6.59. The van der Waals surface area contributed by atoms with Crippen LogP contribution in [0.1, 0.15) is 6.92 Å². The number of methoxy groups -OCH3 is 1. The largest absolute Gasteiger partial charge is 0.495 e. The van der Waals surface area contributed by atoms with Gasteiger partial charge in [-0.1, -0.05) is 23.4 Å². The van der Waals surface area contributed by atoms with E-state index in [1.54, 1.807) is 26.2 Å². The number of fused-ring (bicyclic) bond motifs is 3. The SMILES string of the molecule is CCOC(=O)CSc1nnc2c(n1)[nH]c1c(OC)ccc(Cl)c12. The van der Waals surface area contributed by atoms with Gasteiger partial charge in [0.25, 0.3) is 0 Å². The van der Waals surface area contributed by atoms with Crippen LogP contribution in [0.4, 0.5) is 0 Å². The average Bonchev–Trinajstić information content (AvgIpc) is 2.93. The molecular formula is C14H13ClN4O3S. The highest BCUT2D eigenvalue weighted by atomic mass is 35.5. The van der Waals surface area contributed by atoms with Crippen LogP contribution in [0.25, 0.3) is 22.1 Å². The molecular weight excluding hydrogens is 340 g/mol. The Bertz CT molecular complexity index is 883. The number of H-pyrrole nitrogens is 1. The number of nitrogens with zero attached hydrogens (tertiary/aromatic N) is 3. The summed E-state index contributed by atoms with van der Waals surface area (Å²) in [6.07, 6.45) is 0. The van der Waals surface area contributed by atoms with Gasteiger partial charge in [-0.25, -0.2) is 4.98 Å². The number of carbonyl (C=O) groups excluding carboxylic acids is 1. The van der Waals surface area contributed by atoms with Crippen LogP contribution in [-0.2, 0) is 9.53 Å². The van der Waals surface area contributed by atoms with E-state index >= 15 is 0 Å². The Morgan fingerprint density at radius 1 is 1.39 bits per heavy atom. The summed E-state index contributed by atoms with van der Waals surface area (Å²) in [7, 11) is 1.58. The summed E-state index contributed by atoms with van der Waals surface area (Å²) < 4.78 is 10.2. The van der Waals surface area contributed by atoms with Gasteiger partial charge in [-0.3, -0.25) is 4.79 Å². The van der Waals surface area contributed by atoms with Crippen LogP contribution in [0.15, 0.2) is 17.3 Å². The Morgan fingerprint density at radius 3 is 2.96 bits per heavy atom. The topological polar surface area (TPSA) is 90.0 Å². The van der Waals surface area contributed by atoms with E-state index in [2.05, 4.69) is 20.2 Å². The van der Waals surface area contributed by atoms with Crippen molar-refractivity contribution in [2.24, 2.45) is 0 Å². The molecule has 0 aliphatic rings. The molecule has 1 N–H and O–H groups in total. The number of aromatic amines is 1. The van der Waals surface area contributed by atoms with Crippen LogP contribution in [0, 0.1) is 0 Å². The standard InChI is InChI=1S/C14H13ClN4O3S/c1-3-22-9(20)6-23-14-17-13-12(18-19-14)10-7(15)4-5-8(21-2)11(10)16-13/h4-5H,3,6H2,1-2H3,(H,16,17,19). The van der Waals surface area contributed by atoms with Gasteiger partial charge in [0, 0.05) is 0 Å². The summed E-state index contributed by atoms with van der Waals surface area (Å²) in [6.45, 7) is 2.10. The van der Waals surface area contributed by atoms with E-state index < -0.39 is 0 Å². The summed E-state index contributed by atoms with van der Waals surface area (Å²) in [5, 5.41) is 9.84. The molecule has 0 aliphatic heterocycles. The van der Waals surface area contributed by atoms with Crippen molar-refractivity contribution in [1.29, 1.82) is 0 Å². The Kier molecular flexibility index (Phi) is 4.53. The first-order chi connectivity index (χ1) is 11.1. The maximum absolute atomic E-state index is 11.4. The monoisotopic (exact) mass is 352 g/mol. The molecule has 3 aromatic rings. The number of hydrogen-bond donors (Lipinski definition) is 1. The number of carbonyl (C=O) groups is 1. The molecule has 0 amide bonds. The van der Waals surface area contributed by atoms with Crippen LogP contribution in [0.2, 0.25) is 5.02 Å². The van der Waals surface area contributed by atoms with Crippen molar-refractivity contribution in [3.63, 3.8) is 0 Å². The molecule has 0 fully saturated rings. The smallest absolute Gasteiger partial charge is 0.316 e. The number of halogens is 1. The van der Waals surface area contributed by atoms with E-state index in [9.17, 15) is 4.79 Å². The molecule has 23 heavy (non-hydrogen) atoms. The van der Waals surface area contributed by atoms with Gasteiger partial charge < -0.3 is 14.5 Å². The first kappa shape index (κ1) is 15.8. The van der Waals surface area contributed by atoms with E-state index in [1.165, 1.54) is 0 Å². The van der Waals surface area contributed by atoms with Crippen LogP contribution >= 0.6 is 23.4 Å². The number of benzene rings is 1.